The molecule has 0 heterocycles. The molecular formula is C33H41Cl2N3O4S. The number of nitrogens with zero attached hydrogens (tertiary/aromatic N) is 2. The van der Waals surface area contributed by atoms with Crippen LogP contribution < -0.4 is 9.62 Å². The number of aryl methyl sites for hydroxylation is 1. The van der Waals surface area contributed by atoms with Crippen molar-refractivity contribution in [2.75, 3.05) is 17.4 Å². The summed E-state index contributed by atoms with van der Waals surface area (Å²) in [6.45, 7) is 9.67. The number of unbranched alkanes of at least 4 members (excludes halogenated alkanes) is 1. The minimum absolute atomic E-state index is 0.0592. The summed E-state index contributed by atoms with van der Waals surface area (Å²) in [5.41, 5.74) is 2.76. The number of hydrogen-bond donors (Lipinski definition) is 1. The van der Waals surface area contributed by atoms with Gasteiger partial charge in [-0.2, -0.15) is 0 Å². The van der Waals surface area contributed by atoms with E-state index in [-0.39, 0.29) is 23.3 Å². The molecule has 1 atom stereocenters. The molecule has 0 spiro atoms. The van der Waals surface area contributed by atoms with E-state index in [9.17, 15) is 18.0 Å². The number of carbonyl (C=O) groups excluding carboxylic acids is 2. The molecule has 3 aromatic rings. The Labute approximate surface area is 266 Å². The highest BCUT2D eigenvalue weighted by Crippen LogP contribution is 2.29. The number of benzene rings is 3. The predicted octanol–water partition coefficient (Wildman–Crippen LogP) is 7.34. The fraction of sp³-hybridized carbons (Fsp3) is 0.394. The molecule has 3 aromatic carbocycles. The lowest BCUT2D eigenvalue weighted by atomic mass is 10.0. The van der Waals surface area contributed by atoms with Gasteiger partial charge >= 0.3 is 0 Å². The molecule has 232 valence electrons. The average molecular weight is 647 g/mol. The van der Waals surface area contributed by atoms with Crippen LogP contribution in [0.1, 0.15) is 69.6 Å². The SMILES string of the molecule is CCCCNC(=O)[C@H](CC)N(Cc1c(Cl)cccc1Cl)C(=O)CN(c1ccc(C(C)C)cc1)S(=O)(=O)c1ccc(C)cc1. The third kappa shape index (κ3) is 8.74. The Balaban J connectivity index is 2.09. The molecule has 3 rings (SSSR count). The molecule has 0 saturated heterocycles. The molecule has 0 aliphatic carbocycles. The maximum Gasteiger partial charge on any atom is 0.264 e. The summed E-state index contributed by atoms with van der Waals surface area (Å²) >= 11 is 13.0. The van der Waals surface area contributed by atoms with E-state index < -0.39 is 28.5 Å². The molecule has 1 N–H and O–H groups in total. The van der Waals surface area contributed by atoms with Gasteiger partial charge in [0.15, 0.2) is 0 Å². The summed E-state index contributed by atoms with van der Waals surface area (Å²) in [6.07, 6.45) is 2.00. The highest BCUT2D eigenvalue weighted by Gasteiger charge is 2.34. The van der Waals surface area contributed by atoms with E-state index in [0.717, 1.165) is 28.3 Å². The first-order valence-corrected chi connectivity index (χ1v) is 16.8. The van der Waals surface area contributed by atoms with Crippen molar-refractivity contribution in [3.05, 3.63) is 93.5 Å². The van der Waals surface area contributed by atoms with Crippen molar-refractivity contribution in [2.45, 2.75) is 77.3 Å². The van der Waals surface area contributed by atoms with Crippen molar-refractivity contribution < 1.29 is 18.0 Å². The van der Waals surface area contributed by atoms with Crippen LogP contribution >= 0.6 is 23.2 Å². The standard InChI is InChI=1S/C33H41Cl2N3O4S/c1-6-8-20-36-33(40)31(7-2)37(21-28-29(34)10-9-11-30(28)35)32(39)22-38(26-16-14-25(15-17-26)23(3)4)43(41,42)27-18-12-24(5)13-19-27/h9-19,23,31H,6-8,20-22H2,1-5H3,(H,36,40)/t31-/m0/s1. The zero-order valence-electron chi connectivity index (χ0n) is 25.4. The minimum atomic E-state index is -4.16. The lowest BCUT2D eigenvalue weighted by molar-refractivity contribution is -0.140. The van der Waals surface area contributed by atoms with Gasteiger partial charge in [0.25, 0.3) is 10.0 Å². The van der Waals surface area contributed by atoms with Crippen LogP contribution in [0.2, 0.25) is 10.0 Å². The van der Waals surface area contributed by atoms with Gasteiger partial charge in [-0.3, -0.25) is 13.9 Å². The third-order valence-electron chi connectivity index (χ3n) is 7.34. The summed E-state index contributed by atoms with van der Waals surface area (Å²) < 4.78 is 29.2. The van der Waals surface area contributed by atoms with E-state index in [0.29, 0.717) is 34.3 Å². The van der Waals surface area contributed by atoms with Gasteiger partial charge in [0.1, 0.15) is 12.6 Å². The topological polar surface area (TPSA) is 86.8 Å². The number of halogens is 2. The van der Waals surface area contributed by atoms with Crippen LogP contribution in [0.15, 0.2) is 71.6 Å². The Morgan fingerprint density at radius 2 is 1.51 bits per heavy atom. The normalized spacial score (nSPS) is 12.2. The van der Waals surface area contributed by atoms with Gasteiger partial charge in [0.2, 0.25) is 11.8 Å². The molecule has 0 radical (unpaired) electrons. The van der Waals surface area contributed by atoms with Crippen LogP contribution in [-0.4, -0.2) is 44.3 Å². The molecule has 10 heteroatoms. The Hall–Kier alpha value is -3.07. The van der Waals surface area contributed by atoms with E-state index in [1.165, 1.54) is 17.0 Å². The number of amides is 2. The van der Waals surface area contributed by atoms with Crippen LogP contribution in [0.25, 0.3) is 0 Å². The van der Waals surface area contributed by atoms with Crippen LogP contribution in [-0.2, 0) is 26.2 Å². The van der Waals surface area contributed by atoms with E-state index in [4.69, 9.17) is 23.2 Å². The van der Waals surface area contributed by atoms with Gasteiger partial charge in [-0.1, -0.05) is 93.2 Å². The van der Waals surface area contributed by atoms with Gasteiger partial charge in [-0.05, 0) is 67.6 Å². The zero-order chi connectivity index (χ0) is 31.7. The van der Waals surface area contributed by atoms with E-state index in [2.05, 4.69) is 5.32 Å². The summed E-state index contributed by atoms with van der Waals surface area (Å²) in [7, 11) is -4.16. The number of nitrogens with one attached hydrogen (secondary N) is 1. The predicted molar refractivity (Wildman–Crippen MR) is 175 cm³/mol. The maximum absolute atomic E-state index is 14.2. The zero-order valence-corrected chi connectivity index (χ0v) is 27.8. The quantitative estimate of drug-likeness (QED) is 0.186. The minimum Gasteiger partial charge on any atom is -0.354 e. The highest BCUT2D eigenvalue weighted by molar-refractivity contribution is 7.92. The lowest BCUT2D eigenvalue weighted by Gasteiger charge is -2.33. The summed E-state index contributed by atoms with van der Waals surface area (Å²) in [4.78, 5) is 29.1. The van der Waals surface area contributed by atoms with Crippen molar-refractivity contribution in [3.8, 4) is 0 Å². The third-order valence-corrected chi connectivity index (χ3v) is 9.84. The fourth-order valence-corrected chi connectivity index (χ4v) is 6.60. The van der Waals surface area contributed by atoms with Gasteiger partial charge in [-0.15, -0.1) is 0 Å². The van der Waals surface area contributed by atoms with E-state index in [1.807, 2.05) is 46.8 Å². The smallest absolute Gasteiger partial charge is 0.264 e. The highest BCUT2D eigenvalue weighted by atomic mass is 35.5. The first kappa shape index (κ1) is 34.4. The number of rotatable bonds is 14. The maximum atomic E-state index is 14.2. The number of sulfonamides is 1. The van der Waals surface area contributed by atoms with Crippen molar-refractivity contribution >= 4 is 50.7 Å². The van der Waals surface area contributed by atoms with Gasteiger partial charge in [0, 0.05) is 28.7 Å². The second-order valence-corrected chi connectivity index (χ2v) is 13.5. The van der Waals surface area contributed by atoms with Crippen LogP contribution in [0.4, 0.5) is 5.69 Å². The monoisotopic (exact) mass is 645 g/mol. The van der Waals surface area contributed by atoms with Crippen LogP contribution in [0.3, 0.4) is 0 Å². The van der Waals surface area contributed by atoms with Crippen LogP contribution in [0.5, 0.6) is 0 Å². The first-order valence-electron chi connectivity index (χ1n) is 14.6. The molecule has 0 unspecified atom stereocenters. The number of carbonyl (C=O) groups is 2. The van der Waals surface area contributed by atoms with Gasteiger partial charge < -0.3 is 10.2 Å². The molecule has 0 bridgehead atoms. The van der Waals surface area contributed by atoms with E-state index in [1.54, 1.807) is 42.5 Å². The number of anilines is 1. The van der Waals surface area contributed by atoms with Crippen molar-refractivity contribution in [1.82, 2.24) is 10.2 Å². The average Bonchev–Trinajstić information content (AvgIpc) is 2.97. The Bertz CT molecular complexity index is 1470. The molecule has 7 nitrogen and oxygen atoms in total. The largest absolute Gasteiger partial charge is 0.354 e. The van der Waals surface area contributed by atoms with Crippen molar-refractivity contribution in [1.29, 1.82) is 0 Å². The molecule has 0 aliphatic heterocycles. The van der Waals surface area contributed by atoms with Gasteiger partial charge in [0.05, 0.1) is 10.6 Å². The summed E-state index contributed by atoms with van der Waals surface area (Å²) in [5.74, 6) is -0.635. The van der Waals surface area contributed by atoms with E-state index >= 15 is 0 Å². The first-order chi connectivity index (χ1) is 20.4. The Morgan fingerprint density at radius 3 is 2.05 bits per heavy atom. The molecule has 0 saturated carbocycles. The van der Waals surface area contributed by atoms with Crippen molar-refractivity contribution in [2.24, 2.45) is 0 Å². The molecule has 0 fully saturated rings. The fourth-order valence-electron chi connectivity index (χ4n) is 4.67. The molecule has 0 aliphatic rings. The molecular weight excluding hydrogens is 605 g/mol. The second kappa shape index (κ2) is 15.6. The summed E-state index contributed by atoms with van der Waals surface area (Å²) in [5, 5.41) is 3.61. The summed E-state index contributed by atoms with van der Waals surface area (Å²) in [6, 6.07) is 17.8. The second-order valence-electron chi connectivity index (χ2n) is 10.9. The Morgan fingerprint density at radius 1 is 0.907 bits per heavy atom. The molecule has 2 amide bonds. The number of hydrogen-bond acceptors (Lipinski definition) is 4. The van der Waals surface area contributed by atoms with Crippen molar-refractivity contribution in [3.63, 3.8) is 0 Å². The molecule has 0 aromatic heterocycles. The molecule has 43 heavy (non-hydrogen) atoms. The van der Waals surface area contributed by atoms with Gasteiger partial charge in [-0.25, -0.2) is 8.42 Å². The lowest BCUT2D eigenvalue weighted by Crippen LogP contribution is -2.52. The Kier molecular flexibility index (Phi) is 12.5. The van der Waals surface area contributed by atoms with Crippen LogP contribution in [0, 0.1) is 6.92 Å².